The Morgan fingerprint density at radius 3 is 0.796 bits per heavy atom. The van der Waals surface area contributed by atoms with Gasteiger partial charge in [0.1, 0.15) is 0 Å². The van der Waals surface area contributed by atoms with Crippen LogP contribution in [0, 0.1) is 0 Å². The van der Waals surface area contributed by atoms with Gasteiger partial charge in [-0.15, -0.1) is 59.7 Å². The van der Waals surface area contributed by atoms with Gasteiger partial charge in [0.15, 0.2) is 0 Å². The summed E-state index contributed by atoms with van der Waals surface area (Å²) >= 11 is 0. The van der Waals surface area contributed by atoms with Crippen LogP contribution in [0.4, 0.5) is 0 Å². The van der Waals surface area contributed by atoms with E-state index in [2.05, 4.69) is 206 Å². The number of hydrogen-bond acceptors (Lipinski definition) is 0. The number of benzene rings is 6. The van der Waals surface area contributed by atoms with Crippen LogP contribution < -0.4 is 24.8 Å². The van der Waals surface area contributed by atoms with Crippen LogP contribution in [-0.2, 0) is 26.2 Å². The van der Waals surface area contributed by atoms with E-state index >= 15 is 0 Å². The van der Waals surface area contributed by atoms with E-state index in [1.807, 2.05) is 0 Å². The molecule has 3 heteroatoms. The molecule has 0 unspecified atom stereocenters. The largest absolute Gasteiger partial charge is 4.00 e. The monoisotopic (exact) mass is 746 g/mol. The first-order valence-corrected chi connectivity index (χ1v) is 15.8. The predicted octanol–water partition coefficient (Wildman–Crippen LogP) is 6.82. The molecule has 0 aliphatic heterocycles. The summed E-state index contributed by atoms with van der Waals surface area (Å²) in [5.41, 5.74) is 15.2. The van der Waals surface area contributed by atoms with Crippen molar-refractivity contribution in [3.63, 3.8) is 0 Å². The molecule has 8 aromatic rings. The molecule has 0 aliphatic rings. The van der Waals surface area contributed by atoms with Gasteiger partial charge in [-0.25, -0.2) is 0 Å². The first-order valence-electron chi connectivity index (χ1n) is 15.8. The smallest absolute Gasteiger partial charge is 1.00 e. The third-order valence-electron chi connectivity index (χ3n) is 8.33. The van der Waals surface area contributed by atoms with Gasteiger partial charge in [0, 0.05) is 0 Å². The average molecular weight is 749 g/mol. The molecule has 0 nitrogen and oxygen atoms in total. The van der Waals surface area contributed by atoms with Crippen LogP contribution >= 0.6 is 0 Å². The van der Waals surface area contributed by atoms with Gasteiger partial charge >= 0.3 is 26.2 Å². The number of halogens is 2. The summed E-state index contributed by atoms with van der Waals surface area (Å²) in [6, 6.07) is 72.8. The maximum atomic E-state index is 2.30. The summed E-state index contributed by atoms with van der Waals surface area (Å²) < 4.78 is 0. The molecular formula is C46H34Cl2Zr. The second-order valence-electron chi connectivity index (χ2n) is 11.3. The molecule has 0 heterocycles. The SMILES string of the molecule is [Cl-].[Cl-].[Zr+4].c1ccc(-c2cc(-c3ccccc3)[c-](-c3ccccc3)c2)cc1.c1ccc(-c2cc(-c3ccccc3)[c-](-c3ccccc3)c2)cc1. The van der Waals surface area contributed by atoms with Crippen molar-refractivity contribution in [1.29, 1.82) is 0 Å². The van der Waals surface area contributed by atoms with E-state index in [4.69, 9.17) is 0 Å². The van der Waals surface area contributed by atoms with Gasteiger partial charge in [0.25, 0.3) is 0 Å². The van der Waals surface area contributed by atoms with Crippen molar-refractivity contribution in [2.24, 2.45) is 0 Å². The predicted molar refractivity (Wildman–Crippen MR) is 197 cm³/mol. The molecule has 49 heavy (non-hydrogen) atoms. The molecule has 0 saturated heterocycles. The summed E-state index contributed by atoms with van der Waals surface area (Å²) in [6.07, 6.45) is 0. The fourth-order valence-electron chi connectivity index (χ4n) is 6.04. The van der Waals surface area contributed by atoms with Crippen molar-refractivity contribution in [3.05, 3.63) is 206 Å². The maximum Gasteiger partial charge on any atom is 4.00 e. The van der Waals surface area contributed by atoms with Crippen LogP contribution in [0.1, 0.15) is 0 Å². The second-order valence-corrected chi connectivity index (χ2v) is 11.3. The van der Waals surface area contributed by atoms with Crippen LogP contribution in [0.25, 0.3) is 66.8 Å². The van der Waals surface area contributed by atoms with E-state index in [0.717, 1.165) is 0 Å². The third kappa shape index (κ3) is 8.94. The minimum Gasteiger partial charge on any atom is -1.00 e. The van der Waals surface area contributed by atoms with Crippen molar-refractivity contribution in [1.82, 2.24) is 0 Å². The standard InChI is InChI=1S/2C23H17.2ClH.Zr/c2*1-4-10-18(11-5-1)21-16-22(19-12-6-2-7-13-19)23(17-21)20-14-8-3-9-15-20;;;/h2*1-17H;2*1H;/q2*-1;;;+4/p-2. The Kier molecular flexibility index (Phi) is 13.9. The van der Waals surface area contributed by atoms with Crippen LogP contribution in [0.15, 0.2) is 206 Å². The van der Waals surface area contributed by atoms with E-state index in [0.29, 0.717) is 0 Å². The second kappa shape index (κ2) is 18.3. The third-order valence-corrected chi connectivity index (χ3v) is 8.33. The summed E-state index contributed by atoms with van der Waals surface area (Å²) in [4.78, 5) is 0. The van der Waals surface area contributed by atoms with Crippen molar-refractivity contribution < 1.29 is 51.0 Å². The molecule has 0 saturated carbocycles. The molecule has 0 fully saturated rings. The quantitative estimate of drug-likeness (QED) is 0.164. The van der Waals surface area contributed by atoms with Gasteiger partial charge in [-0.1, -0.05) is 213 Å². The zero-order valence-electron chi connectivity index (χ0n) is 26.9. The molecule has 236 valence electrons. The Morgan fingerprint density at radius 2 is 0.510 bits per heavy atom. The summed E-state index contributed by atoms with van der Waals surface area (Å²) in [5, 5.41) is 0. The zero-order valence-corrected chi connectivity index (χ0v) is 30.9. The van der Waals surface area contributed by atoms with E-state index in [1.54, 1.807) is 0 Å². The summed E-state index contributed by atoms with van der Waals surface area (Å²) in [6.45, 7) is 0. The molecule has 0 amide bonds. The molecule has 0 radical (unpaired) electrons. The Morgan fingerprint density at radius 1 is 0.265 bits per heavy atom. The van der Waals surface area contributed by atoms with Crippen molar-refractivity contribution in [2.45, 2.75) is 0 Å². The van der Waals surface area contributed by atoms with Gasteiger partial charge in [0.2, 0.25) is 0 Å². The molecule has 8 aromatic carbocycles. The van der Waals surface area contributed by atoms with Crippen LogP contribution in [0.3, 0.4) is 0 Å². The summed E-state index contributed by atoms with van der Waals surface area (Å²) in [7, 11) is 0. The van der Waals surface area contributed by atoms with E-state index < -0.39 is 0 Å². The van der Waals surface area contributed by atoms with Gasteiger partial charge in [0.05, 0.1) is 0 Å². The molecule has 0 bridgehead atoms. The van der Waals surface area contributed by atoms with Gasteiger partial charge < -0.3 is 24.8 Å². The summed E-state index contributed by atoms with van der Waals surface area (Å²) in [5.74, 6) is 0. The van der Waals surface area contributed by atoms with Crippen LogP contribution in [0.2, 0.25) is 0 Å². The van der Waals surface area contributed by atoms with Gasteiger partial charge in [-0.3, -0.25) is 0 Å². The number of rotatable bonds is 6. The minimum absolute atomic E-state index is 0. The van der Waals surface area contributed by atoms with Crippen molar-refractivity contribution in [2.75, 3.05) is 0 Å². The normalized spacial score (nSPS) is 9.96. The van der Waals surface area contributed by atoms with E-state index in [1.165, 1.54) is 66.8 Å². The number of hydrogen-bond donors (Lipinski definition) is 0. The fourth-order valence-corrected chi connectivity index (χ4v) is 6.04. The van der Waals surface area contributed by atoms with Gasteiger partial charge in [-0.05, 0) is 0 Å². The van der Waals surface area contributed by atoms with Gasteiger partial charge in [-0.2, -0.15) is 0 Å². The first-order chi connectivity index (χ1) is 22.8. The molecule has 0 spiro atoms. The van der Waals surface area contributed by atoms with Crippen molar-refractivity contribution >= 4 is 0 Å². The molecular weight excluding hydrogens is 715 g/mol. The first kappa shape index (κ1) is 37.3. The zero-order chi connectivity index (χ0) is 31.0. The Hall–Kier alpha value is -4.52. The fraction of sp³-hybridized carbons (Fsp3) is 0. The molecule has 0 aliphatic carbocycles. The molecule has 0 N–H and O–H groups in total. The van der Waals surface area contributed by atoms with Crippen molar-refractivity contribution in [3.8, 4) is 66.8 Å². The maximum absolute atomic E-state index is 2.30. The average Bonchev–Trinajstić information content (AvgIpc) is 3.81. The Labute approximate surface area is 321 Å². The Balaban J connectivity index is 0.000000208. The van der Waals surface area contributed by atoms with Crippen LogP contribution in [-0.4, -0.2) is 0 Å². The topological polar surface area (TPSA) is 0 Å². The van der Waals surface area contributed by atoms with E-state index in [-0.39, 0.29) is 51.0 Å². The van der Waals surface area contributed by atoms with E-state index in [9.17, 15) is 0 Å². The molecule has 0 aromatic heterocycles. The molecule has 8 rings (SSSR count). The van der Waals surface area contributed by atoms with Crippen LogP contribution in [0.5, 0.6) is 0 Å². The minimum atomic E-state index is 0. The molecule has 0 atom stereocenters. The Bertz CT molecular complexity index is 1830.